The van der Waals surface area contributed by atoms with Gasteiger partial charge in [-0.1, -0.05) is 47.5 Å². The van der Waals surface area contributed by atoms with Crippen LogP contribution in [0.2, 0.25) is 5.02 Å². The lowest BCUT2D eigenvalue weighted by atomic mass is 10.1. The van der Waals surface area contributed by atoms with Gasteiger partial charge < -0.3 is 10.1 Å². The van der Waals surface area contributed by atoms with Gasteiger partial charge in [0.25, 0.3) is 17.7 Å². The molecule has 35 heavy (non-hydrogen) atoms. The van der Waals surface area contributed by atoms with Gasteiger partial charge in [-0.15, -0.1) is 0 Å². The van der Waals surface area contributed by atoms with Crippen molar-refractivity contribution in [3.05, 3.63) is 94.5 Å². The zero-order valence-electron chi connectivity index (χ0n) is 18.6. The van der Waals surface area contributed by atoms with Gasteiger partial charge in [0.05, 0.1) is 5.69 Å². The third-order valence-electron chi connectivity index (χ3n) is 5.10. The van der Waals surface area contributed by atoms with Crippen LogP contribution in [0.3, 0.4) is 0 Å². The fourth-order valence-electron chi connectivity index (χ4n) is 3.35. The van der Waals surface area contributed by atoms with Crippen LogP contribution in [-0.2, 0) is 14.4 Å². The van der Waals surface area contributed by atoms with Crippen molar-refractivity contribution >= 4 is 52.8 Å². The van der Waals surface area contributed by atoms with Crippen LogP contribution in [0.25, 0.3) is 6.08 Å². The van der Waals surface area contributed by atoms with Crippen molar-refractivity contribution < 1.29 is 23.9 Å². The quantitative estimate of drug-likeness (QED) is 0.396. The second-order valence-electron chi connectivity index (χ2n) is 7.67. The normalized spacial score (nSPS) is 14.6. The maximum absolute atomic E-state index is 13.1. The number of urea groups is 1. The first-order valence-corrected chi connectivity index (χ1v) is 10.9. The minimum absolute atomic E-state index is 0.257. The van der Waals surface area contributed by atoms with Crippen LogP contribution >= 0.6 is 11.6 Å². The van der Waals surface area contributed by atoms with Crippen LogP contribution < -0.4 is 20.3 Å². The van der Waals surface area contributed by atoms with Crippen molar-refractivity contribution in [3.63, 3.8) is 0 Å². The van der Waals surface area contributed by atoms with Crippen molar-refractivity contribution in [3.8, 4) is 5.75 Å². The topological polar surface area (TPSA) is 105 Å². The molecule has 0 atom stereocenters. The van der Waals surface area contributed by atoms with E-state index in [4.69, 9.17) is 16.3 Å². The third-order valence-corrected chi connectivity index (χ3v) is 5.35. The summed E-state index contributed by atoms with van der Waals surface area (Å²) in [6, 6.07) is 19.1. The number of hydrogen-bond acceptors (Lipinski definition) is 5. The van der Waals surface area contributed by atoms with E-state index in [9.17, 15) is 19.2 Å². The van der Waals surface area contributed by atoms with E-state index >= 15 is 0 Å². The number of amides is 5. The number of nitrogens with zero attached hydrogens (tertiary/aromatic N) is 1. The SMILES string of the molecule is Cc1ccc(NC(=O)COc2ccccc2/C=C2\C(=O)NC(=O)N(c3ccc(Cl)cc3)C2=O)cc1. The Kier molecular flexibility index (Phi) is 6.93. The van der Waals surface area contributed by atoms with Crippen molar-refractivity contribution in [1.29, 1.82) is 0 Å². The number of ether oxygens (including phenoxy) is 1. The van der Waals surface area contributed by atoms with Gasteiger partial charge in [0.1, 0.15) is 11.3 Å². The number of nitrogens with one attached hydrogen (secondary N) is 2. The molecule has 1 fully saturated rings. The Balaban J connectivity index is 1.53. The molecule has 0 bridgehead atoms. The predicted molar refractivity (Wildman–Crippen MR) is 132 cm³/mol. The summed E-state index contributed by atoms with van der Waals surface area (Å²) in [6.07, 6.45) is 1.32. The first kappa shape index (κ1) is 23.7. The number of halogens is 1. The Morgan fingerprint density at radius 1 is 1.00 bits per heavy atom. The molecule has 1 heterocycles. The second kappa shape index (κ2) is 10.2. The van der Waals surface area contributed by atoms with E-state index in [1.54, 1.807) is 36.4 Å². The van der Waals surface area contributed by atoms with Gasteiger partial charge in [-0.2, -0.15) is 0 Å². The summed E-state index contributed by atoms with van der Waals surface area (Å²) < 4.78 is 5.66. The Hall–Kier alpha value is -4.43. The number of anilines is 2. The summed E-state index contributed by atoms with van der Waals surface area (Å²) in [7, 11) is 0. The van der Waals surface area contributed by atoms with E-state index in [1.165, 1.54) is 30.3 Å². The van der Waals surface area contributed by atoms with Gasteiger partial charge >= 0.3 is 6.03 Å². The standard InChI is InChI=1S/C26H20ClN3O5/c1-16-6-10-19(11-7-16)28-23(31)15-35-22-5-3-2-4-17(22)14-21-24(32)29-26(34)30(25(21)33)20-12-8-18(27)9-13-20/h2-14H,15H2,1H3,(H,28,31)(H,29,32,34)/b21-14+. The molecule has 0 radical (unpaired) electrons. The highest BCUT2D eigenvalue weighted by atomic mass is 35.5. The molecule has 9 heteroatoms. The van der Waals surface area contributed by atoms with E-state index in [0.29, 0.717) is 16.3 Å². The Morgan fingerprint density at radius 3 is 2.40 bits per heavy atom. The molecular formula is C26H20ClN3O5. The second-order valence-corrected chi connectivity index (χ2v) is 8.11. The van der Waals surface area contributed by atoms with E-state index < -0.39 is 17.8 Å². The maximum Gasteiger partial charge on any atom is 0.335 e. The summed E-state index contributed by atoms with van der Waals surface area (Å²) in [5.41, 5.74) is 2.08. The Labute approximate surface area is 206 Å². The molecule has 4 rings (SSSR count). The molecule has 1 aliphatic heterocycles. The lowest BCUT2D eigenvalue weighted by Gasteiger charge is -2.26. The number of hydrogen-bond donors (Lipinski definition) is 2. The van der Waals surface area contributed by atoms with Gasteiger partial charge in [-0.25, -0.2) is 9.69 Å². The van der Waals surface area contributed by atoms with Gasteiger partial charge in [0.15, 0.2) is 6.61 Å². The fraction of sp³-hybridized carbons (Fsp3) is 0.0769. The van der Waals surface area contributed by atoms with Crippen LogP contribution in [0.4, 0.5) is 16.2 Å². The first-order chi connectivity index (χ1) is 16.8. The highest BCUT2D eigenvalue weighted by molar-refractivity contribution is 6.39. The predicted octanol–water partition coefficient (Wildman–Crippen LogP) is 4.33. The molecule has 0 saturated carbocycles. The molecule has 3 aromatic carbocycles. The molecule has 0 aromatic heterocycles. The number of carbonyl (C=O) groups is 4. The molecule has 0 spiro atoms. The van der Waals surface area contributed by atoms with Crippen molar-refractivity contribution in [2.75, 3.05) is 16.8 Å². The Morgan fingerprint density at radius 2 is 1.69 bits per heavy atom. The molecule has 3 aromatic rings. The minimum Gasteiger partial charge on any atom is -0.483 e. The highest BCUT2D eigenvalue weighted by Crippen LogP contribution is 2.26. The number of carbonyl (C=O) groups excluding carboxylic acids is 4. The molecule has 8 nitrogen and oxygen atoms in total. The van der Waals surface area contributed by atoms with Gasteiger partial charge in [0, 0.05) is 16.3 Å². The number of imide groups is 2. The highest BCUT2D eigenvalue weighted by Gasteiger charge is 2.37. The molecule has 2 N–H and O–H groups in total. The molecule has 176 valence electrons. The summed E-state index contributed by atoms with van der Waals surface area (Å²) in [4.78, 5) is 51.1. The van der Waals surface area contributed by atoms with E-state index in [0.717, 1.165) is 10.5 Å². The third kappa shape index (κ3) is 5.56. The van der Waals surface area contributed by atoms with Crippen LogP contribution in [-0.4, -0.2) is 30.4 Å². The van der Waals surface area contributed by atoms with Crippen LogP contribution in [0.1, 0.15) is 11.1 Å². The van der Waals surface area contributed by atoms with E-state index in [1.807, 2.05) is 19.1 Å². The van der Waals surface area contributed by atoms with E-state index in [2.05, 4.69) is 10.6 Å². The summed E-state index contributed by atoms with van der Waals surface area (Å²) >= 11 is 5.89. The largest absolute Gasteiger partial charge is 0.483 e. The molecule has 1 saturated heterocycles. The zero-order valence-corrected chi connectivity index (χ0v) is 19.3. The zero-order chi connectivity index (χ0) is 24.9. The monoisotopic (exact) mass is 489 g/mol. The summed E-state index contributed by atoms with van der Waals surface area (Å²) in [5, 5.41) is 5.33. The average Bonchev–Trinajstić information content (AvgIpc) is 2.83. The molecule has 0 aliphatic carbocycles. The molecule has 5 amide bonds. The lowest BCUT2D eigenvalue weighted by molar-refractivity contribution is -0.122. The number of barbiturate groups is 1. The van der Waals surface area contributed by atoms with Crippen LogP contribution in [0, 0.1) is 6.92 Å². The lowest BCUT2D eigenvalue weighted by Crippen LogP contribution is -2.54. The number of aryl methyl sites for hydroxylation is 1. The molecule has 1 aliphatic rings. The van der Waals surface area contributed by atoms with Crippen LogP contribution in [0.15, 0.2) is 78.4 Å². The van der Waals surface area contributed by atoms with Gasteiger partial charge in [-0.05, 0) is 55.5 Å². The Bertz CT molecular complexity index is 1330. The number of benzene rings is 3. The number of rotatable bonds is 6. The van der Waals surface area contributed by atoms with Crippen molar-refractivity contribution in [2.45, 2.75) is 6.92 Å². The van der Waals surface area contributed by atoms with Gasteiger partial charge in [0.2, 0.25) is 0 Å². The molecular weight excluding hydrogens is 470 g/mol. The van der Waals surface area contributed by atoms with Crippen LogP contribution in [0.5, 0.6) is 5.75 Å². The first-order valence-electron chi connectivity index (χ1n) is 10.6. The summed E-state index contributed by atoms with van der Waals surface area (Å²) in [6.45, 7) is 1.66. The molecule has 0 unspecified atom stereocenters. The fourth-order valence-corrected chi connectivity index (χ4v) is 3.47. The maximum atomic E-state index is 13.1. The number of para-hydroxylation sites is 1. The van der Waals surface area contributed by atoms with Crippen molar-refractivity contribution in [1.82, 2.24) is 5.32 Å². The average molecular weight is 490 g/mol. The van der Waals surface area contributed by atoms with Gasteiger partial charge in [-0.3, -0.25) is 19.7 Å². The smallest absolute Gasteiger partial charge is 0.335 e. The minimum atomic E-state index is -0.864. The van der Waals surface area contributed by atoms with Crippen molar-refractivity contribution in [2.24, 2.45) is 0 Å². The van der Waals surface area contributed by atoms with E-state index in [-0.39, 0.29) is 29.5 Å². The summed E-state index contributed by atoms with van der Waals surface area (Å²) in [5.74, 6) is -1.72.